The summed E-state index contributed by atoms with van der Waals surface area (Å²) >= 11 is 0. The largest absolute Gasteiger partial charge is 0.310 e. The summed E-state index contributed by atoms with van der Waals surface area (Å²) in [5, 5.41) is 5.22. The summed E-state index contributed by atoms with van der Waals surface area (Å²) in [7, 11) is 0. The van der Waals surface area contributed by atoms with Crippen LogP contribution in [0.2, 0.25) is 0 Å². The summed E-state index contributed by atoms with van der Waals surface area (Å²) in [5.74, 6) is 1.67. The van der Waals surface area contributed by atoms with Crippen molar-refractivity contribution in [2.24, 2.45) is 23.7 Å². The zero-order chi connectivity index (χ0) is 35.9. The van der Waals surface area contributed by atoms with E-state index in [9.17, 15) is 0 Å². The van der Waals surface area contributed by atoms with Crippen molar-refractivity contribution in [3.63, 3.8) is 0 Å². The molecule has 0 saturated carbocycles. The van der Waals surface area contributed by atoms with Crippen LogP contribution in [0.3, 0.4) is 0 Å². The molecule has 7 aromatic rings. The zero-order valence-electron chi connectivity index (χ0n) is 30.8. The van der Waals surface area contributed by atoms with E-state index in [4.69, 9.17) is 0 Å². The van der Waals surface area contributed by atoms with Crippen molar-refractivity contribution in [3.05, 3.63) is 198 Å². The fourth-order valence-corrected chi connectivity index (χ4v) is 10.2. The zero-order valence-corrected chi connectivity index (χ0v) is 30.8. The number of benzene rings is 5. The summed E-state index contributed by atoms with van der Waals surface area (Å²) in [4.78, 5) is 0. The van der Waals surface area contributed by atoms with E-state index in [0.717, 1.165) is 12.8 Å². The van der Waals surface area contributed by atoms with Gasteiger partial charge in [-0.1, -0.05) is 151 Å². The maximum Gasteiger partial charge on any atom is 0.0541 e. The average Bonchev–Trinajstić information content (AvgIpc) is 3.76. The van der Waals surface area contributed by atoms with Crippen LogP contribution in [-0.4, -0.2) is 9.13 Å². The van der Waals surface area contributed by atoms with Crippen LogP contribution >= 0.6 is 0 Å². The maximum atomic E-state index is 2.55. The SMILES string of the molecule is CC1=C2C=CC(c3cccc(-n4c5ccccc5c5ccccc54)c3)=CC2C(C)C2=CC=C(C3C=C(n4c5ccccc5c5ccccc54)C=CC3)CC21. The lowest BCUT2D eigenvalue weighted by atomic mass is 9.62. The molecule has 5 aromatic carbocycles. The molecule has 2 aromatic heterocycles. The Labute approximate surface area is 316 Å². The van der Waals surface area contributed by atoms with Crippen LogP contribution in [0.5, 0.6) is 0 Å². The van der Waals surface area contributed by atoms with Gasteiger partial charge in [0.2, 0.25) is 0 Å². The first kappa shape index (κ1) is 31.4. The molecule has 0 spiro atoms. The normalized spacial score (nSPS) is 22.3. The molecule has 260 valence electrons. The van der Waals surface area contributed by atoms with Gasteiger partial charge in [0.15, 0.2) is 0 Å². The molecule has 4 aliphatic rings. The number of fused-ring (bicyclic) bond motifs is 8. The summed E-state index contributed by atoms with van der Waals surface area (Å²) in [6.07, 6.45) is 21.7. The van der Waals surface area contributed by atoms with E-state index in [1.54, 1.807) is 16.7 Å². The molecule has 2 nitrogen and oxygen atoms in total. The quantitative estimate of drug-likeness (QED) is 0.174. The van der Waals surface area contributed by atoms with Crippen molar-refractivity contribution in [1.29, 1.82) is 0 Å². The van der Waals surface area contributed by atoms with Gasteiger partial charge < -0.3 is 9.13 Å². The van der Waals surface area contributed by atoms with Crippen LogP contribution < -0.4 is 0 Å². The van der Waals surface area contributed by atoms with E-state index < -0.39 is 0 Å². The highest BCUT2D eigenvalue weighted by Gasteiger charge is 2.38. The third kappa shape index (κ3) is 4.72. The first-order valence-electron chi connectivity index (χ1n) is 19.6. The Bertz CT molecular complexity index is 2820. The molecule has 0 amide bonds. The van der Waals surface area contributed by atoms with Crippen molar-refractivity contribution in [3.8, 4) is 5.69 Å². The first-order valence-corrected chi connectivity index (χ1v) is 19.6. The summed E-state index contributed by atoms with van der Waals surface area (Å²) in [5.41, 5.74) is 16.3. The number of para-hydroxylation sites is 4. The van der Waals surface area contributed by atoms with Gasteiger partial charge in [-0.3, -0.25) is 0 Å². The van der Waals surface area contributed by atoms with E-state index in [1.165, 1.54) is 71.7 Å². The second kappa shape index (κ2) is 12.2. The van der Waals surface area contributed by atoms with E-state index >= 15 is 0 Å². The number of hydrogen-bond acceptors (Lipinski definition) is 0. The third-order valence-corrected chi connectivity index (χ3v) is 12.9. The summed E-state index contributed by atoms with van der Waals surface area (Å²) < 4.78 is 4.89. The lowest BCUT2D eigenvalue weighted by Gasteiger charge is -2.42. The molecule has 0 bridgehead atoms. The predicted molar refractivity (Wildman–Crippen MR) is 228 cm³/mol. The van der Waals surface area contributed by atoms with Crippen molar-refractivity contribution in [1.82, 2.24) is 9.13 Å². The van der Waals surface area contributed by atoms with Gasteiger partial charge in [-0.2, -0.15) is 0 Å². The van der Waals surface area contributed by atoms with Gasteiger partial charge in [-0.05, 0) is 84.9 Å². The minimum Gasteiger partial charge on any atom is -0.310 e. The van der Waals surface area contributed by atoms with Crippen molar-refractivity contribution in [2.75, 3.05) is 0 Å². The Morgan fingerprint density at radius 3 is 1.85 bits per heavy atom. The maximum absolute atomic E-state index is 2.55. The molecular weight excluding hydrogens is 653 g/mol. The van der Waals surface area contributed by atoms with Gasteiger partial charge in [0.25, 0.3) is 0 Å². The number of hydrogen-bond donors (Lipinski definition) is 0. The van der Waals surface area contributed by atoms with E-state index in [-0.39, 0.29) is 0 Å². The molecule has 0 radical (unpaired) electrons. The van der Waals surface area contributed by atoms with E-state index in [2.05, 4.69) is 193 Å². The van der Waals surface area contributed by atoms with Crippen LogP contribution in [0, 0.1) is 23.7 Å². The molecule has 0 N–H and O–H groups in total. The van der Waals surface area contributed by atoms with Crippen molar-refractivity contribution < 1.29 is 0 Å². The fourth-order valence-electron chi connectivity index (χ4n) is 10.2. The Hall–Kier alpha value is -6.12. The lowest BCUT2D eigenvalue weighted by molar-refractivity contribution is 0.446. The number of aromatic nitrogens is 2. The Kier molecular flexibility index (Phi) is 7.11. The molecule has 4 atom stereocenters. The van der Waals surface area contributed by atoms with Gasteiger partial charge in [-0.25, -0.2) is 0 Å². The molecule has 0 aliphatic heterocycles. The van der Waals surface area contributed by atoms with Gasteiger partial charge >= 0.3 is 0 Å². The number of rotatable bonds is 4. The van der Waals surface area contributed by atoms with Crippen LogP contribution in [0.1, 0.15) is 32.3 Å². The van der Waals surface area contributed by atoms with Crippen LogP contribution in [0.4, 0.5) is 0 Å². The van der Waals surface area contributed by atoms with Crippen LogP contribution in [-0.2, 0) is 0 Å². The molecule has 4 unspecified atom stereocenters. The molecule has 2 heterocycles. The second-order valence-electron chi connectivity index (χ2n) is 15.7. The molecule has 0 saturated heterocycles. The summed E-state index contributed by atoms with van der Waals surface area (Å²) in [6, 6.07) is 44.3. The highest BCUT2D eigenvalue weighted by molar-refractivity contribution is 6.11. The molecule has 11 rings (SSSR count). The lowest BCUT2D eigenvalue weighted by Crippen LogP contribution is -2.30. The first-order chi connectivity index (χ1) is 26.6. The van der Waals surface area contributed by atoms with E-state index in [1.807, 2.05) is 0 Å². The minimum absolute atomic E-state index is 0.374. The topological polar surface area (TPSA) is 9.86 Å². The highest BCUT2D eigenvalue weighted by atomic mass is 15.0. The summed E-state index contributed by atoms with van der Waals surface area (Å²) in [6.45, 7) is 4.86. The molecule has 0 fully saturated rings. The monoisotopic (exact) mass is 694 g/mol. The molecule has 2 heteroatoms. The predicted octanol–water partition coefficient (Wildman–Crippen LogP) is 13.4. The van der Waals surface area contributed by atoms with Gasteiger partial charge in [0, 0.05) is 50.7 Å². The van der Waals surface area contributed by atoms with Crippen molar-refractivity contribution in [2.45, 2.75) is 26.7 Å². The highest BCUT2D eigenvalue weighted by Crippen LogP contribution is 2.51. The standard InChI is InChI=1S/C52H42N2/c1-33-41-27-25-38(36-14-12-16-40(30-36)54-51-23-9-5-19-45(51)46-20-6-10-24-52(46)54)32-48(41)34(2)42-28-26-37(31-47(33)42)35-13-11-15-39(29-35)53-49-21-7-3-17-43(49)44-18-4-8-22-50(44)53/h3-13,15-31,33,36,47-48H,14,32H2,1-2H3. The van der Waals surface area contributed by atoms with Gasteiger partial charge in [0.05, 0.1) is 22.1 Å². The Morgan fingerprint density at radius 2 is 1.20 bits per heavy atom. The Balaban J connectivity index is 0.920. The van der Waals surface area contributed by atoms with Crippen LogP contribution in [0.25, 0.3) is 60.6 Å². The van der Waals surface area contributed by atoms with Crippen LogP contribution in [0.15, 0.2) is 192 Å². The third-order valence-electron chi connectivity index (χ3n) is 12.9. The van der Waals surface area contributed by atoms with E-state index in [0.29, 0.717) is 23.7 Å². The minimum atomic E-state index is 0.374. The second-order valence-corrected chi connectivity index (χ2v) is 15.7. The number of allylic oxidation sites excluding steroid dienone is 14. The smallest absolute Gasteiger partial charge is 0.0541 e. The van der Waals surface area contributed by atoms with Gasteiger partial charge in [-0.15, -0.1) is 0 Å². The average molecular weight is 695 g/mol. The van der Waals surface area contributed by atoms with Gasteiger partial charge in [0.1, 0.15) is 0 Å². The molecular formula is C52H42N2. The Morgan fingerprint density at radius 1 is 0.593 bits per heavy atom. The number of nitrogens with zero attached hydrogens (tertiary/aromatic N) is 2. The van der Waals surface area contributed by atoms with Crippen molar-refractivity contribution >= 4 is 54.9 Å². The molecule has 54 heavy (non-hydrogen) atoms. The molecule has 4 aliphatic carbocycles. The fraction of sp³-hybridized carbons (Fsp3) is 0.154.